The Morgan fingerprint density at radius 1 is 1.04 bits per heavy atom. The molecule has 0 atom stereocenters. The third-order valence-electron chi connectivity index (χ3n) is 5.33. The van der Waals surface area contributed by atoms with Crippen molar-refractivity contribution in [1.29, 1.82) is 0 Å². The summed E-state index contributed by atoms with van der Waals surface area (Å²) < 4.78 is 28.6. The van der Waals surface area contributed by atoms with Gasteiger partial charge in [0.1, 0.15) is 0 Å². The Morgan fingerprint density at radius 3 is 2.48 bits per heavy atom. The van der Waals surface area contributed by atoms with Crippen LogP contribution in [0.1, 0.15) is 47.3 Å². The van der Waals surface area contributed by atoms with Crippen molar-refractivity contribution in [3.8, 4) is 0 Å². The number of benzene rings is 1. The molecule has 1 aromatic heterocycles. The fourth-order valence-electron chi connectivity index (χ4n) is 3.77. The number of aryl methyl sites for hydroxylation is 1. The molecule has 2 aliphatic rings. The van der Waals surface area contributed by atoms with Gasteiger partial charge in [-0.2, -0.15) is 9.40 Å². The topological polar surface area (TPSA) is 84.3 Å². The first-order valence-electron chi connectivity index (χ1n) is 9.48. The third kappa shape index (κ3) is 3.64. The van der Waals surface area contributed by atoms with Gasteiger partial charge in [-0.25, -0.2) is 8.42 Å². The van der Waals surface area contributed by atoms with Crippen molar-refractivity contribution in [3.05, 3.63) is 47.3 Å². The molecule has 2 aliphatic heterocycles. The van der Waals surface area contributed by atoms with Crippen LogP contribution >= 0.6 is 0 Å². The van der Waals surface area contributed by atoms with Crippen LogP contribution in [0.5, 0.6) is 0 Å². The van der Waals surface area contributed by atoms with Gasteiger partial charge in [0.2, 0.25) is 10.0 Å². The highest BCUT2D eigenvalue weighted by Gasteiger charge is 2.27. The third-order valence-corrected chi connectivity index (χ3v) is 7.24. The van der Waals surface area contributed by atoms with Crippen LogP contribution in [0.4, 0.5) is 0 Å². The molecule has 4 rings (SSSR count). The van der Waals surface area contributed by atoms with Gasteiger partial charge in [-0.3, -0.25) is 9.48 Å². The summed E-state index contributed by atoms with van der Waals surface area (Å²) in [4.78, 5) is 12.7. The fraction of sp³-hybridized carbons (Fsp3) is 0.474. The van der Waals surface area contributed by atoms with Gasteiger partial charge in [0.25, 0.3) is 5.91 Å². The second-order valence-electron chi connectivity index (χ2n) is 7.11. The van der Waals surface area contributed by atoms with E-state index in [1.54, 1.807) is 12.1 Å². The number of aromatic nitrogens is 2. The van der Waals surface area contributed by atoms with Gasteiger partial charge in [0.15, 0.2) is 0 Å². The average molecular weight is 388 g/mol. The minimum absolute atomic E-state index is 0.212. The number of nitrogens with zero attached hydrogens (tertiary/aromatic N) is 3. The summed E-state index contributed by atoms with van der Waals surface area (Å²) in [6.45, 7) is 2.51. The molecule has 0 aliphatic carbocycles. The van der Waals surface area contributed by atoms with E-state index in [0.29, 0.717) is 25.2 Å². The maximum atomic E-state index is 12.5. The molecular weight excluding hydrogens is 364 g/mol. The number of hydrogen-bond donors (Lipinski definition) is 1. The Balaban J connectivity index is 1.41. The Kier molecular flexibility index (Phi) is 5.01. The van der Waals surface area contributed by atoms with E-state index in [1.165, 1.54) is 22.1 Å². The molecule has 1 N–H and O–H groups in total. The van der Waals surface area contributed by atoms with Crippen LogP contribution in [0, 0.1) is 0 Å². The van der Waals surface area contributed by atoms with Gasteiger partial charge < -0.3 is 5.32 Å². The Hall–Kier alpha value is -2.19. The van der Waals surface area contributed by atoms with E-state index in [-0.39, 0.29) is 10.8 Å². The number of amides is 1. The van der Waals surface area contributed by atoms with Crippen LogP contribution in [0.15, 0.2) is 35.4 Å². The molecule has 1 amide bonds. The van der Waals surface area contributed by atoms with Crippen molar-refractivity contribution in [3.63, 3.8) is 0 Å². The highest BCUT2D eigenvalue weighted by atomic mass is 32.2. The number of fused-ring (bicyclic) bond motifs is 1. The van der Waals surface area contributed by atoms with Crippen LogP contribution in [0.2, 0.25) is 0 Å². The zero-order valence-electron chi connectivity index (χ0n) is 15.2. The van der Waals surface area contributed by atoms with E-state index in [0.717, 1.165) is 44.2 Å². The van der Waals surface area contributed by atoms with Crippen LogP contribution in [0.3, 0.4) is 0 Å². The van der Waals surface area contributed by atoms with Crippen LogP contribution in [-0.2, 0) is 29.5 Å². The van der Waals surface area contributed by atoms with E-state index in [4.69, 9.17) is 0 Å². The molecule has 0 radical (unpaired) electrons. The number of rotatable bonds is 5. The predicted octanol–water partition coefficient (Wildman–Crippen LogP) is 1.93. The first-order chi connectivity index (χ1) is 13.1. The lowest BCUT2D eigenvalue weighted by Crippen LogP contribution is -2.28. The summed E-state index contributed by atoms with van der Waals surface area (Å²) in [5.74, 6) is -0.212. The predicted molar refractivity (Wildman–Crippen MR) is 101 cm³/mol. The quantitative estimate of drug-likeness (QED) is 0.848. The summed E-state index contributed by atoms with van der Waals surface area (Å²) in [5.41, 5.74) is 2.71. The number of carbonyl (C=O) groups is 1. The van der Waals surface area contributed by atoms with Crippen LogP contribution in [-0.4, -0.2) is 41.5 Å². The summed E-state index contributed by atoms with van der Waals surface area (Å²) in [7, 11) is -3.45. The first kappa shape index (κ1) is 18.2. The second kappa shape index (κ2) is 7.44. The molecule has 2 aromatic rings. The zero-order chi connectivity index (χ0) is 18.9. The maximum Gasteiger partial charge on any atom is 0.251 e. The van der Waals surface area contributed by atoms with E-state index < -0.39 is 10.0 Å². The van der Waals surface area contributed by atoms with Crippen molar-refractivity contribution in [2.45, 2.75) is 50.1 Å². The maximum absolute atomic E-state index is 12.5. The zero-order valence-corrected chi connectivity index (χ0v) is 16.0. The van der Waals surface area contributed by atoms with Crippen molar-refractivity contribution in [1.82, 2.24) is 19.4 Å². The monoisotopic (exact) mass is 388 g/mol. The minimum atomic E-state index is -3.45. The SMILES string of the molecule is O=C(NCc1cnn2c1CCCC2)c1ccc(S(=O)(=O)N2CCCC2)cc1. The Bertz CT molecular complexity index is 928. The fourth-order valence-corrected chi connectivity index (χ4v) is 5.28. The van der Waals surface area contributed by atoms with Gasteiger partial charge in [-0.15, -0.1) is 0 Å². The summed E-state index contributed by atoms with van der Waals surface area (Å²) in [6, 6.07) is 6.19. The molecule has 8 heteroatoms. The molecule has 7 nitrogen and oxygen atoms in total. The standard InChI is InChI=1S/C19H24N4O3S/c24-19(20-13-16-14-21-23-12-2-1-5-18(16)23)15-6-8-17(9-7-15)27(25,26)22-10-3-4-11-22/h6-9,14H,1-5,10-13H2,(H,20,24). The van der Waals surface area contributed by atoms with Gasteiger partial charge in [-0.1, -0.05) is 0 Å². The lowest BCUT2D eigenvalue weighted by atomic mass is 10.1. The van der Waals surface area contributed by atoms with Crippen molar-refractivity contribution < 1.29 is 13.2 Å². The summed E-state index contributed by atoms with van der Waals surface area (Å²) >= 11 is 0. The molecule has 0 bridgehead atoms. The van der Waals surface area contributed by atoms with E-state index >= 15 is 0 Å². The first-order valence-corrected chi connectivity index (χ1v) is 10.9. The number of nitrogens with one attached hydrogen (secondary N) is 1. The highest BCUT2D eigenvalue weighted by Crippen LogP contribution is 2.21. The summed E-state index contributed by atoms with van der Waals surface area (Å²) in [6.07, 6.45) is 6.92. The number of hydrogen-bond acceptors (Lipinski definition) is 4. The largest absolute Gasteiger partial charge is 0.348 e. The summed E-state index contributed by atoms with van der Waals surface area (Å²) in [5, 5.41) is 7.29. The highest BCUT2D eigenvalue weighted by molar-refractivity contribution is 7.89. The molecule has 0 spiro atoms. The van der Waals surface area contributed by atoms with Gasteiger partial charge in [0, 0.05) is 43.0 Å². The van der Waals surface area contributed by atoms with Gasteiger partial charge in [-0.05, 0) is 56.4 Å². The number of sulfonamides is 1. The molecular formula is C19H24N4O3S. The molecule has 1 fully saturated rings. The molecule has 0 saturated carbocycles. The molecule has 27 heavy (non-hydrogen) atoms. The second-order valence-corrected chi connectivity index (χ2v) is 9.05. The molecule has 144 valence electrons. The average Bonchev–Trinajstić information content (AvgIpc) is 3.37. The van der Waals surface area contributed by atoms with Crippen LogP contribution in [0.25, 0.3) is 0 Å². The molecule has 3 heterocycles. The Labute approximate surface area is 159 Å². The van der Waals surface area contributed by atoms with Crippen LogP contribution < -0.4 is 5.32 Å². The molecule has 0 unspecified atom stereocenters. The van der Waals surface area contributed by atoms with Gasteiger partial charge in [0.05, 0.1) is 11.1 Å². The lowest BCUT2D eigenvalue weighted by Gasteiger charge is -2.16. The smallest absolute Gasteiger partial charge is 0.251 e. The van der Waals surface area contributed by atoms with Crippen molar-refractivity contribution in [2.24, 2.45) is 0 Å². The van der Waals surface area contributed by atoms with Gasteiger partial charge >= 0.3 is 0 Å². The van der Waals surface area contributed by atoms with E-state index in [1.807, 2.05) is 10.9 Å². The number of carbonyl (C=O) groups excluding carboxylic acids is 1. The van der Waals surface area contributed by atoms with Crippen molar-refractivity contribution >= 4 is 15.9 Å². The minimum Gasteiger partial charge on any atom is -0.348 e. The van der Waals surface area contributed by atoms with E-state index in [2.05, 4.69) is 10.4 Å². The van der Waals surface area contributed by atoms with Crippen molar-refractivity contribution in [2.75, 3.05) is 13.1 Å². The molecule has 1 aromatic carbocycles. The Morgan fingerprint density at radius 2 is 1.74 bits per heavy atom. The van der Waals surface area contributed by atoms with E-state index in [9.17, 15) is 13.2 Å². The molecule has 1 saturated heterocycles. The lowest BCUT2D eigenvalue weighted by molar-refractivity contribution is 0.0950. The normalized spacial score (nSPS) is 17.6.